The van der Waals surface area contributed by atoms with Crippen LogP contribution in [0.4, 0.5) is 0 Å². The highest BCUT2D eigenvalue weighted by Crippen LogP contribution is 2.36. The van der Waals surface area contributed by atoms with E-state index in [0.717, 1.165) is 17.3 Å². The third kappa shape index (κ3) is 3.72. The number of hydrogen-bond donors (Lipinski definition) is 1. The van der Waals surface area contributed by atoms with E-state index >= 15 is 0 Å². The summed E-state index contributed by atoms with van der Waals surface area (Å²) in [6.45, 7) is 14.2. The molecule has 1 aliphatic heterocycles. The van der Waals surface area contributed by atoms with Crippen LogP contribution in [-0.4, -0.2) is 47.1 Å². The molecule has 0 aromatic carbocycles. The lowest BCUT2D eigenvalue weighted by atomic mass is 9.84. The van der Waals surface area contributed by atoms with Crippen LogP contribution in [-0.2, 0) is 0 Å². The highest BCUT2D eigenvalue weighted by atomic mass is 32.2. The van der Waals surface area contributed by atoms with Crippen LogP contribution in [0.3, 0.4) is 0 Å². The van der Waals surface area contributed by atoms with Crippen LogP contribution in [0.25, 0.3) is 0 Å². The van der Waals surface area contributed by atoms with E-state index in [0.29, 0.717) is 11.5 Å². The van der Waals surface area contributed by atoms with Crippen molar-refractivity contribution in [1.29, 1.82) is 0 Å². The largest absolute Gasteiger partial charge is 0.311 e. The molecule has 1 saturated carbocycles. The molecule has 2 aliphatic rings. The molecule has 0 spiro atoms. The summed E-state index contributed by atoms with van der Waals surface area (Å²) in [5, 5.41) is 4.69. The van der Waals surface area contributed by atoms with E-state index in [-0.39, 0.29) is 0 Å². The van der Waals surface area contributed by atoms with Gasteiger partial charge in [-0.1, -0.05) is 41.0 Å². The minimum atomic E-state index is 0.364. The van der Waals surface area contributed by atoms with Crippen molar-refractivity contribution < 1.29 is 0 Å². The molecule has 0 aromatic rings. The van der Waals surface area contributed by atoms with Crippen LogP contribution in [0.2, 0.25) is 0 Å². The van der Waals surface area contributed by atoms with E-state index in [1.54, 1.807) is 0 Å². The molecule has 2 fully saturated rings. The van der Waals surface area contributed by atoms with E-state index in [4.69, 9.17) is 0 Å². The fourth-order valence-electron chi connectivity index (χ4n) is 3.88. The molecule has 20 heavy (non-hydrogen) atoms. The second kappa shape index (κ2) is 7.02. The van der Waals surface area contributed by atoms with Gasteiger partial charge in [0.25, 0.3) is 0 Å². The first-order chi connectivity index (χ1) is 9.47. The van der Waals surface area contributed by atoms with Gasteiger partial charge in [-0.2, -0.15) is 11.8 Å². The fraction of sp³-hybridized carbons (Fsp3) is 1.00. The van der Waals surface area contributed by atoms with Crippen molar-refractivity contribution in [2.75, 3.05) is 18.8 Å². The second-order valence-electron chi connectivity index (χ2n) is 7.58. The Morgan fingerprint density at radius 2 is 1.95 bits per heavy atom. The Morgan fingerprint density at radius 1 is 1.20 bits per heavy atom. The molecule has 4 unspecified atom stereocenters. The van der Waals surface area contributed by atoms with Crippen LogP contribution < -0.4 is 5.32 Å². The minimum absolute atomic E-state index is 0.364. The average Bonchev–Trinajstić information content (AvgIpc) is 2.85. The van der Waals surface area contributed by atoms with Gasteiger partial charge in [0.2, 0.25) is 0 Å². The third-order valence-electron chi connectivity index (χ3n) is 5.20. The van der Waals surface area contributed by atoms with E-state index in [1.807, 2.05) is 0 Å². The summed E-state index contributed by atoms with van der Waals surface area (Å²) >= 11 is 2.20. The predicted molar refractivity (Wildman–Crippen MR) is 91.6 cm³/mol. The van der Waals surface area contributed by atoms with Crippen LogP contribution in [0.5, 0.6) is 0 Å². The van der Waals surface area contributed by atoms with Gasteiger partial charge < -0.3 is 5.32 Å². The molecule has 3 heteroatoms. The first kappa shape index (κ1) is 16.6. The summed E-state index contributed by atoms with van der Waals surface area (Å²) in [5.74, 6) is 1.27. The molecule has 0 bridgehead atoms. The van der Waals surface area contributed by atoms with Gasteiger partial charge in [0.05, 0.1) is 0 Å². The lowest BCUT2D eigenvalue weighted by Gasteiger charge is -2.48. The lowest BCUT2D eigenvalue weighted by molar-refractivity contribution is 0.0512. The van der Waals surface area contributed by atoms with Crippen LogP contribution in [0.1, 0.15) is 60.3 Å². The molecule has 118 valence electrons. The van der Waals surface area contributed by atoms with Crippen LogP contribution in [0.15, 0.2) is 0 Å². The monoisotopic (exact) mass is 298 g/mol. The Labute approximate surface area is 130 Å². The fourth-order valence-corrected chi connectivity index (χ4v) is 5.16. The van der Waals surface area contributed by atoms with E-state index in [9.17, 15) is 0 Å². The van der Waals surface area contributed by atoms with Gasteiger partial charge in [-0.15, -0.1) is 0 Å². The molecule has 1 saturated heterocycles. The molecule has 2 nitrogen and oxygen atoms in total. The van der Waals surface area contributed by atoms with E-state index in [1.165, 1.54) is 44.5 Å². The van der Waals surface area contributed by atoms with Crippen LogP contribution >= 0.6 is 11.8 Å². The Kier molecular flexibility index (Phi) is 5.84. The first-order valence-corrected chi connectivity index (χ1v) is 9.63. The summed E-state index contributed by atoms with van der Waals surface area (Å²) in [6, 6.07) is 2.21. The van der Waals surface area contributed by atoms with Crippen LogP contribution in [0, 0.1) is 5.41 Å². The highest BCUT2D eigenvalue weighted by Gasteiger charge is 2.40. The van der Waals surface area contributed by atoms with Crippen molar-refractivity contribution in [2.45, 2.75) is 83.7 Å². The topological polar surface area (TPSA) is 15.3 Å². The zero-order valence-electron chi connectivity index (χ0n) is 14.1. The Morgan fingerprint density at radius 3 is 2.55 bits per heavy atom. The number of nitrogens with zero attached hydrogens (tertiary/aromatic N) is 1. The smallest absolute Gasteiger partial charge is 0.0244 e. The zero-order valence-corrected chi connectivity index (χ0v) is 14.9. The maximum atomic E-state index is 3.81. The Bertz CT molecular complexity index is 300. The summed E-state index contributed by atoms with van der Waals surface area (Å²) < 4.78 is 0. The molecular formula is C17H34N2S. The van der Waals surface area contributed by atoms with E-state index in [2.05, 4.69) is 56.6 Å². The maximum Gasteiger partial charge on any atom is 0.0244 e. The summed E-state index contributed by atoms with van der Waals surface area (Å²) in [7, 11) is 0. The number of rotatable bonds is 4. The quantitative estimate of drug-likeness (QED) is 0.851. The van der Waals surface area contributed by atoms with E-state index < -0.39 is 0 Å². The number of hydrogen-bond acceptors (Lipinski definition) is 3. The molecule has 0 aromatic heterocycles. The summed E-state index contributed by atoms with van der Waals surface area (Å²) in [6.07, 6.45) is 5.57. The Balaban J connectivity index is 2.08. The van der Waals surface area contributed by atoms with Crippen molar-refractivity contribution in [1.82, 2.24) is 10.2 Å². The van der Waals surface area contributed by atoms with Gasteiger partial charge in [-0.25, -0.2) is 0 Å². The minimum Gasteiger partial charge on any atom is -0.311 e. The zero-order chi connectivity index (χ0) is 14.8. The van der Waals surface area contributed by atoms with Crippen molar-refractivity contribution in [3.63, 3.8) is 0 Å². The standard InChI is InChI=1S/C17H34N2S/c1-6-13-11-18-16(17(3,4)5)12-19(13)14-9-8-10-15(14)20-7-2/h13-16,18H,6-12H2,1-5H3. The molecule has 1 heterocycles. The molecule has 0 amide bonds. The van der Waals surface area contributed by atoms with Crippen molar-refractivity contribution in [3.05, 3.63) is 0 Å². The van der Waals surface area contributed by atoms with Gasteiger partial charge >= 0.3 is 0 Å². The van der Waals surface area contributed by atoms with Gasteiger partial charge in [0.15, 0.2) is 0 Å². The summed E-state index contributed by atoms with van der Waals surface area (Å²) in [5.41, 5.74) is 0.364. The molecule has 0 radical (unpaired) electrons. The lowest BCUT2D eigenvalue weighted by Crippen LogP contribution is -2.63. The first-order valence-electron chi connectivity index (χ1n) is 8.58. The maximum absolute atomic E-state index is 3.81. The molecule has 1 aliphatic carbocycles. The number of nitrogens with one attached hydrogen (secondary N) is 1. The molecule has 1 N–H and O–H groups in total. The number of thioether (sulfide) groups is 1. The molecule has 4 atom stereocenters. The normalized spacial score (nSPS) is 36.5. The Hall–Kier alpha value is 0.270. The third-order valence-corrected chi connectivity index (χ3v) is 6.51. The van der Waals surface area contributed by atoms with Gasteiger partial charge in [-0.05, 0) is 30.4 Å². The second-order valence-corrected chi connectivity index (χ2v) is 9.09. The van der Waals surface area contributed by atoms with Gasteiger partial charge in [0.1, 0.15) is 0 Å². The van der Waals surface area contributed by atoms with Gasteiger partial charge in [0, 0.05) is 36.5 Å². The van der Waals surface area contributed by atoms with Crippen molar-refractivity contribution in [2.24, 2.45) is 5.41 Å². The average molecular weight is 299 g/mol. The highest BCUT2D eigenvalue weighted by molar-refractivity contribution is 7.99. The molecule has 2 rings (SSSR count). The van der Waals surface area contributed by atoms with Gasteiger partial charge in [-0.3, -0.25) is 4.90 Å². The molecular weight excluding hydrogens is 264 g/mol. The van der Waals surface area contributed by atoms with Crippen molar-refractivity contribution in [3.8, 4) is 0 Å². The van der Waals surface area contributed by atoms with Crippen molar-refractivity contribution >= 4 is 11.8 Å². The number of piperazine rings is 1. The summed E-state index contributed by atoms with van der Waals surface area (Å²) in [4.78, 5) is 2.88. The predicted octanol–water partition coefficient (Wildman–Crippen LogP) is 3.76. The SMILES string of the molecule is CCSC1CCCC1N1CC(C(C)(C)C)NCC1CC.